The van der Waals surface area contributed by atoms with Crippen molar-refractivity contribution >= 4 is 22.9 Å². The van der Waals surface area contributed by atoms with Crippen molar-refractivity contribution in [2.75, 3.05) is 31.1 Å². The molecule has 35 heavy (non-hydrogen) atoms. The molecule has 0 spiro atoms. The molecule has 0 atom stereocenters. The number of amides is 1. The average molecular weight is 488 g/mol. The molecule has 1 aliphatic heterocycles. The fourth-order valence-electron chi connectivity index (χ4n) is 4.48. The van der Waals surface area contributed by atoms with E-state index in [-0.39, 0.29) is 11.5 Å². The number of aromatic nitrogens is 3. The summed E-state index contributed by atoms with van der Waals surface area (Å²) in [4.78, 5) is 34.9. The van der Waals surface area contributed by atoms with Gasteiger partial charge in [0.15, 0.2) is 0 Å². The van der Waals surface area contributed by atoms with Crippen LogP contribution in [0.5, 0.6) is 0 Å². The van der Waals surface area contributed by atoms with Gasteiger partial charge in [0.1, 0.15) is 0 Å². The predicted molar refractivity (Wildman–Crippen MR) is 141 cm³/mol. The molecule has 8 heteroatoms. The Hall–Kier alpha value is -3.65. The first-order chi connectivity index (χ1) is 17.0. The highest BCUT2D eigenvalue weighted by atomic mass is 32.1. The number of carbonyl (C=O) groups is 1. The maximum Gasteiger partial charge on any atom is 0.276 e. The molecule has 1 fully saturated rings. The third-order valence-corrected chi connectivity index (χ3v) is 7.39. The van der Waals surface area contributed by atoms with Gasteiger partial charge in [-0.1, -0.05) is 48.0 Å². The first kappa shape index (κ1) is 23.1. The summed E-state index contributed by atoms with van der Waals surface area (Å²) in [6, 6.07) is 18.5. The molecule has 0 bridgehead atoms. The van der Waals surface area contributed by atoms with Gasteiger partial charge in [0, 0.05) is 60.5 Å². The van der Waals surface area contributed by atoms with E-state index >= 15 is 0 Å². The van der Waals surface area contributed by atoms with Crippen molar-refractivity contribution in [2.24, 2.45) is 0 Å². The van der Waals surface area contributed by atoms with Crippen LogP contribution in [0.15, 0.2) is 64.8 Å². The molecule has 2 aromatic carbocycles. The van der Waals surface area contributed by atoms with E-state index < -0.39 is 0 Å². The van der Waals surface area contributed by atoms with Gasteiger partial charge < -0.3 is 9.80 Å². The highest BCUT2D eigenvalue weighted by Gasteiger charge is 2.22. The second kappa shape index (κ2) is 9.92. The van der Waals surface area contributed by atoms with Crippen LogP contribution in [0.3, 0.4) is 0 Å². The molecule has 2 aromatic heterocycles. The van der Waals surface area contributed by atoms with Gasteiger partial charge in [-0.05, 0) is 32.4 Å². The smallest absolute Gasteiger partial charge is 0.276 e. The van der Waals surface area contributed by atoms with Crippen LogP contribution in [0.1, 0.15) is 23.2 Å². The number of thiazole rings is 1. The van der Waals surface area contributed by atoms with E-state index in [1.54, 1.807) is 0 Å². The molecule has 180 valence electrons. The van der Waals surface area contributed by atoms with Gasteiger partial charge in [-0.3, -0.25) is 14.7 Å². The quantitative estimate of drug-likeness (QED) is 0.443. The Balaban J connectivity index is 1.22. The molecular formula is C27H29N5O2S. The molecule has 0 radical (unpaired) electrons. The highest BCUT2D eigenvalue weighted by molar-refractivity contribution is 7.12. The minimum absolute atomic E-state index is 0.0974. The zero-order valence-electron chi connectivity index (χ0n) is 20.0. The van der Waals surface area contributed by atoms with Gasteiger partial charge in [-0.2, -0.15) is 4.68 Å². The topological polar surface area (TPSA) is 74.2 Å². The van der Waals surface area contributed by atoms with Crippen molar-refractivity contribution < 1.29 is 4.79 Å². The molecule has 3 heterocycles. The zero-order chi connectivity index (χ0) is 24.4. The van der Waals surface area contributed by atoms with Gasteiger partial charge in [0.25, 0.3) is 5.56 Å². The summed E-state index contributed by atoms with van der Waals surface area (Å²) in [5.74, 6) is 0.0974. The Morgan fingerprint density at radius 1 is 1.00 bits per heavy atom. The molecule has 5 rings (SSSR count). The fourth-order valence-corrected chi connectivity index (χ4v) is 5.27. The Labute approximate surface area is 208 Å². The lowest BCUT2D eigenvalue weighted by molar-refractivity contribution is -0.131. The Morgan fingerprint density at radius 2 is 1.71 bits per heavy atom. The minimum atomic E-state index is -0.131. The number of rotatable bonds is 6. The van der Waals surface area contributed by atoms with E-state index in [2.05, 4.69) is 46.2 Å². The lowest BCUT2D eigenvalue weighted by atomic mass is 10.1. The van der Waals surface area contributed by atoms with Crippen LogP contribution >= 0.6 is 11.3 Å². The number of hydrogen-bond acceptors (Lipinski definition) is 5. The van der Waals surface area contributed by atoms with Gasteiger partial charge >= 0.3 is 0 Å². The molecule has 1 saturated heterocycles. The van der Waals surface area contributed by atoms with Gasteiger partial charge in [0.2, 0.25) is 11.0 Å². The van der Waals surface area contributed by atoms with E-state index in [4.69, 9.17) is 0 Å². The molecule has 0 unspecified atom stereocenters. The third kappa shape index (κ3) is 4.93. The Morgan fingerprint density at radius 3 is 2.43 bits per heavy atom. The van der Waals surface area contributed by atoms with E-state index in [1.165, 1.54) is 27.3 Å². The molecular weight excluding hydrogens is 458 g/mol. The number of nitrogens with zero attached hydrogens (tertiary/aromatic N) is 4. The summed E-state index contributed by atoms with van der Waals surface area (Å²) in [5.41, 5.74) is 5.54. The number of para-hydroxylation sites is 1. The number of hydrogen-bond donors (Lipinski definition) is 1. The number of aromatic amines is 1. The van der Waals surface area contributed by atoms with Crippen molar-refractivity contribution in [1.29, 1.82) is 0 Å². The zero-order valence-corrected chi connectivity index (χ0v) is 20.8. The van der Waals surface area contributed by atoms with Gasteiger partial charge in [-0.15, -0.1) is 11.3 Å². The molecule has 1 amide bonds. The van der Waals surface area contributed by atoms with E-state index in [0.29, 0.717) is 36.6 Å². The SMILES string of the molecule is Cc1ccc(-c2csc(-n3[nH]c(C)c(CCC(=O)N4CCN(c5ccccc5)CC4)c3=O)n2)cc1. The molecule has 1 aliphatic rings. The molecule has 0 aliphatic carbocycles. The summed E-state index contributed by atoms with van der Waals surface area (Å²) in [6.45, 7) is 6.97. The highest BCUT2D eigenvalue weighted by Crippen LogP contribution is 2.24. The van der Waals surface area contributed by atoms with Crippen molar-refractivity contribution in [2.45, 2.75) is 26.7 Å². The summed E-state index contributed by atoms with van der Waals surface area (Å²) < 4.78 is 1.50. The number of anilines is 1. The lowest BCUT2D eigenvalue weighted by Gasteiger charge is -2.36. The second-order valence-corrected chi connectivity index (χ2v) is 9.78. The number of benzene rings is 2. The fraction of sp³-hybridized carbons (Fsp3) is 0.296. The van der Waals surface area contributed by atoms with Crippen molar-refractivity contribution in [3.63, 3.8) is 0 Å². The molecule has 4 aromatic rings. The maximum absolute atomic E-state index is 13.1. The van der Waals surface area contributed by atoms with Crippen LogP contribution in [0, 0.1) is 13.8 Å². The monoisotopic (exact) mass is 487 g/mol. The number of piperazine rings is 1. The normalized spacial score (nSPS) is 13.9. The van der Waals surface area contributed by atoms with Crippen LogP contribution in [0.2, 0.25) is 0 Å². The molecule has 1 N–H and O–H groups in total. The molecule has 7 nitrogen and oxygen atoms in total. The number of aryl methyl sites for hydroxylation is 2. The standard InChI is InChI=1S/C27H29N5O2S/c1-19-8-10-21(11-9-19)24-18-35-27(28-24)32-26(34)23(20(2)29-32)12-13-25(33)31-16-14-30(15-17-31)22-6-4-3-5-7-22/h3-11,18,29H,12-17H2,1-2H3. The van der Waals surface area contributed by atoms with Crippen molar-refractivity contribution in [3.8, 4) is 16.4 Å². The van der Waals surface area contributed by atoms with Gasteiger partial charge in [-0.25, -0.2) is 4.98 Å². The van der Waals surface area contributed by atoms with Gasteiger partial charge in [0.05, 0.1) is 5.69 Å². The van der Waals surface area contributed by atoms with Crippen molar-refractivity contribution in [3.05, 3.63) is 87.2 Å². The summed E-state index contributed by atoms with van der Waals surface area (Å²) in [6.07, 6.45) is 0.744. The number of nitrogens with one attached hydrogen (secondary N) is 1. The molecule has 0 saturated carbocycles. The second-order valence-electron chi connectivity index (χ2n) is 8.94. The van der Waals surface area contributed by atoms with Crippen LogP contribution in [0.4, 0.5) is 5.69 Å². The van der Waals surface area contributed by atoms with Crippen LogP contribution in [-0.4, -0.2) is 51.8 Å². The Bertz CT molecular complexity index is 1360. The lowest BCUT2D eigenvalue weighted by Crippen LogP contribution is -2.48. The number of H-pyrrole nitrogens is 1. The van der Waals surface area contributed by atoms with Crippen LogP contribution < -0.4 is 10.5 Å². The average Bonchev–Trinajstić information content (AvgIpc) is 3.48. The first-order valence-corrected chi connectivity index (χ1v) is 12.8. The Kier molecular flexibility index (Phi) is 6.55. The summed E-state index contributed by atoms with van der Waals surface area (Å²) in [7, 11) is 0. The first-order valence-electron chi connectivity index (χ1n) is 11.9. The largest absolute Gasteiger partial charge is 0.368 e. The summed E-state index contributed by atoms with van der Waals surface area (Å²) >= 11 is 1.42. The van der Waals surface area contributed by atoms with Crippen LogP contribution in [-0.2, 0) is 11.2 Å². The number of carbonyl (C=O) groups excluding carboxylic acids is 1. The van der Waals surface area contributed by atoms with E-state index in [1.807, 2.05) is 47.5 Å². The van der Waals surface area contributed by atoms with E-state index in [9.17, 15) is 9.59 Å². The maximum atomic E-state index is 13.1. The summed E-state index contributed by atoms with van der Waals surface area (Å²) in [5, 5.41) is 5.71. The van der Waals surface area contributed by atoms with Crippen LogP contribution in [0.25, 0.3) is 16.4 Å². The minimum Gasteiger partial charge on any atom is -0.368 e. The predicted octanol–water partition coefficient (Wildman–Crippen LogP) is 4.19. The van der Waals surface area contributed by atoms with Crippen molar-refractivity contribution in [1.82, 2.24) is 19.7 Å². The third-order valence-electron chi connectivity index (χ3n) is 6.57. The van der Waals surface area contributed by atoms with E-state index in [0.717, 1.165) is 30.0 Å².